The maximum absolute atomic E-state index is 12.1. The number of anilines is 1. The van der Waals surface area contributed by atoms with Crippen LogP contribution in [0.25, 0.3) is 0 Å². The molecule has 1 fully saturated rings. The molecule has 1 aromatic carbocycles. The van der Waals surface area contributed by atoms with E-state index >= 15 is 0 Å². The normalized spacial score (nSPS) is 22.1. The van der Waals surface area contributed by atoms with Crippen LogP contribution in [0.1, 0.15) is 30.4 Å². The molecule has 2 heterocycles. The largest absolute Gasteiger partial charge is 0.313 e. The Morgan fingerprint density at radius 2 is 2.29 bits per heavy atom. The van der Waals surface area contributed by atoms with Gasteiger partial charge in [0.2, 0.25) is 5.91 Å². The highest BCUT2D eigenvalue weighted by Crippen LogP contribution is 2.27. The van der Waals surface area contributed by atoms with E-state index in [1.54, 1.807) is 11.9 Å². The van der Waals surface area contributed by atoms with Crippen LogP contribution in [-0.4, -0.2) is 37.8 Å². The van der Waals surface area contributed by atoms with Gasteiger partial charge in [0.15, 0.2) is 0 Å². The van der Waals surface area contributed by atoms with Crippen LogP contribution >= 0.6 is 0 Å². The number of carbonyl (C=O) groups excluding carboxylic acids is 1. The molecule has 2 aliphatic rings. The lowest BCUT2D eigenvalue weighted by atomic mass is 9.93. The van der Waals surface area contributed by atoms with Gasteiger partial charge in [0, 0.05) is 24.2 Å². The molecule has 0 bridgehead atoms. The van der Waals surface area contributed by atoms with Gasteiger partial charge in [-0.15, -0.1) is 6.42 Å². The molecule has 1 unspecified atom stereocenters. The second kappa shape index (κ2) is 5.71. The van der Waals surface area contributed by atoms with E-state index in [9.17, 15) is 4.79 Å². The van der Waals surface area contributed by atoms with Crippen molar-refractivity contribution in [2.24, 2.45) is 4.99 Å². The Labute approximate surface area is 125 Å². The molecule has 1 atom stereocenters. The number of terminal acetylenes is 1. The van der Waals surface area contributed by atoms with Crippen LogP contribution < -0.4 is 10.2 Å². The number of piperidine rings is 1. The predicted octanol–water partition coefficient (Wildman–Crippen LogP) is 1.58. The Morgan fingerprint density at radius 3 is 3.00 bits per heavy atom. The van der Waals surface area contributed by atoms with Crippen molar-refractivity contribution in [1.82, 2.24) is 5.32 Å². The van der Waals surface area contributed by atoms with Gasteiger partial charge >= 0.3 is 0 Å². The Bertz CT molecular complexity index is 636. The van der Waals surface area contributed by atoms with E-state index < -0.39 is 0 Å². The summed E-state index contributed by atoms with van der Waals surface area (Å²) in [6.45, 7) is 1.20. The summed E-state index contributed by atoms with van der Waals surface area (Å²) in [4.78, 5) is 18.4. The van der Waals surface area contributed by atoms with Gasteiger partial charge in [-0.05, 0) is 37.6 Å². The average Bonchev–Trinajstić information content (AvgIpc) is 2.66. The molecule has 0 aliphatic carbocycles. The highest BCUT2D eigenvalue weighted by molar-refractivity contribution is 6.14. The first-order valence-corrected chi connectivity index (χ1v) is 7.36. The number of nitrogens with zero attached hydrogens (tertiary/aromatic N) is 2. The Morgan fingerprint density at radius 1 is 1.43 bits per heavy atom. The predicted molar refractivity (Wildman–Crippen MR) is 84.8 cm³/mol. The fourth-order valence-electron chi connectivity index (χ4n) is 2.98. The smallest absolute Gasteiger partial charge is 0.248 e. The van der Waals surface area contributed by atoms with Crippen molar-refractivity contribution in [3.05, 3.63) is 29.3 Å². The zero-order valence-electron chi connectivity index (χ0n) is 12.2. The number of likely N-dealkylation sites (N-methyl/N-ethyl adjacent to an activating group) is 1. The molecule has 1 N–H and O–H groups in total. The number of benzene rings is 1. The van der Waals surface area contributed by atoms with Crippen molar-refractivity contribution >= 4 is 17.3 Å². The minimum Gasteiger partial charge on any atom is -0.313 e. The average molecular weight is 281 g/mol. The minimum absolute atomic E-state index is 0.00974. The third-order valence-electron chi connectivity index (χ3n) is 4.20. The van der Waals surface area contributed by atoms with E-state index in [2.05, 4.69) is 16.2 Å². The summed E-state index contributed by atoms with van der Waals surface area (Å²) < 4.78 is 0. The Balaban J connectivity index is 2.09. The van der Waals surface area contributed by atoms with Crippen LogP contribution in [-0.2, 0) is 4.79 Å². The summed E-state index contributed by atoms with van der Waals surface area (Å²) in [7, 11) is 1.80. The number of rotatable bonds is 1. The molecular formula is C17H19N3O. The van der Waals surface area contributed by atoms with Crippen molar-refractivity contribution in [3.63, 3.8) is 0 Å². The second-order valence-electron chi connectivity index (χ2n) is 5.53. The minimum atomic E-state index is 0.00974. The number of hydrogen-bond donors (Lipinski definition) is 1. The molecule has 1 amide bonds. The molecule has 0 aromatic heterocycles. The van der Waals surface area contributed by atoms with Gasteiger partial charge in [0.1, 0.15) is 6.54 Å². The van der Waals surface area contributed by atoms with Gasteiger partial charge < -0.3 is 10.2 Å². The Kier molecular flexibility index (Phi) is 3.76. The van der Waals surface area contributed by atoms with Crippen molar-refractivity contribution in [3.8, 4) is 12.3 Å². The molecule has 0 spiro atoms. The maximum atomic E-state index is 12.1. The van der Waals surface area contributed by atoms with Crippen molar-refractivity contribution in [2.75, 3.05) is 25.0 Å². The molecule has 3 rings (SSSR count). The van der Waals surface area contributed by atoms with Crippen LogP contribution in [0.5, 0.6) is 0 Å². The number of aliphatic imine (C=N–C) groups is 1. The van der Waals surface area contributed by atoms with Crippen LogP contribution in [0.3, 0.4) is 0 Å². The molecule has 0 saturated carbocycles. The molecule has 4 heteroatoms. The lowest BCUT2D eigenvalue weighted by molar-refractivity contribution is -0.116. The van der Waals surface area contributed by atoms with Crippen LogP contribution in [0.15, 0.2) is 23.2 Å². The summed E-state index contributed by atoms with van der Waals surface area (Å²) in [6.07, 6.45) is 8.95. The molecule has 4 nitrogen and oxygen atoms in total. The number of fused-ring (bicyclic) bond motifs is 1. The molecule has 1 aromatic rings. The first-order chi connectivity index (χ1) is 10.2. The SMILES string of the molecule is C#Cc1ccc2c(c1)C(C1CCCCN1)=NCC(=O)N2C. The van der Waals surface area contributed by atoms with Gasteiger partial charge in [0.25, 0.3) is 0 Å². The molecule has 0 radical (unpaired) electrons. The fourth-order valence-corrected chi connectivity index (χ4v) is 2.98. The maximum Gasteiger partial charge on any atom is 0.248 e. The van der Waals surface area contributed by atoms with Gasteiger partial charge in [0.05, 0.1) is 11.4 Å². The summed E-state index contributed by atoms with van der Waals surface area (Å²) >= 11 is 0. The van der Waals surface area contributed by atoms with Gasteiger partial charge in [-0.3, -0.25) is 9.79 Å². The van der Waals surface area contributed by atoms with Crippen molar-refractivity contribution in [2.45, 2.75) is 25.3 Å². The van der Waals surface area contributed by atoms with E-state index in [-0.39, 0.29) is 18.5 Å². The third kappa shape index (κ3) is 2.57. The molecule has 21 heavy (non-hydrogen) atoms. The number of amides is 1. The van der Waals surface area contributed by atoms with E-state index in [1.807, 2.05) is 18.2 Å². The standard InChI is InChI=1S/C17H19N3O/c1-3-12-7-8-15-13(10-12)17(14-6-4-5-9-18-14)19-11-16(21)20(15)2/h1,7-8,10,14,18H,4-6,9,11H2,2H3. The second-order valence-corrected chi connectivity index (χ2v) is 5.53. The lowest BCUT2D eigenvalue weighted by Gasteiger charge is -2.26. The van der Waals surface area contributed by atoms with Crippen molar-refractivity contribution in [1.29, 1.82) is 0 Å². The van der Waals surface area contributed by atoms with E-state index in [1.165, 1.54) is 12.8 Å². The zero-order chi connectivity index (χ0) is 14.8. The number of nitrogens with one attached hydrogen (secondary N) is 1. The van der Waals surface area contributed by atoms with Gasteiger partial charge in [-0.25, -0.2) is 0 Å². The summed E-state index contributed by atoms with van der Waals surface area (Å²) in [5.41, 5.74) is 3.67. The fraction of sp³-hybridized carbons (Fsp3) is 0.412. The number of benzodiazepines with no additional fused rings is 1. The quantitative estimate of drug-likeness (QED) is 0.794. The number of carbonyl (C=O) groups is 1. The molecule has 1 saturated heterocycles. The Hall–Kier alpha value is -2.12. The third-order valence-corrected chi connectivity index (χ3v) is 4.20. The van der Waals surface area contributed by atoms with E-state index in [0.29, 0.717) is 0 Å². The van der Waals surface area contributed by atoms with E-state index in [0.717, 1.165) is 35.5 Å². The first kappa shape index (κ1) is 13.8. The highest BCUT2D eigenvalue weighted by atomic mass is 16.2. The van der Waals surface area contributed by atoms with Gasteiger partial charge in [-0.2, -0.15) is 0 Å². The van der Waals surface area contributed by atoms with E-state index in [4.69, 9.17) is 6.42 Å². The van der Waals surface area contributed by atoms with Crippen LogP contribution in [0.2, 0.25) is 0 Å². The van der Waals surface area contributed by atoms with Crippen LogP contribution in [0.4, 0.5) is 5.69 Å². The topological polar surface area (TPSA) is 44.7 Å². The first-order valence-electron chi connectivity index (χ1n) is 7.36. The lowest BCUT2D eigenvalue weighted by Crippen LogP contribution is -2.41. The molecule has 2 aliphatic heterocycles. The zero-order valence-corrected chi connectivity index (χ0v) is 12.2. The highest BCUT2D eigenvalue weighted by Gasteiger charge is 2.27. The van der Waals surface area contributed by atoms with Crippen molar-refractivity contribution < 1.29 is 4.79 Å². The molecule has 108 valence electrons. The summed E-state index contributed by atoms with van der Waals surface area (Å²) in [5, 5.41) is 3.51. The number of hydrogen-bond acceptors (Lipinski definition) is 3. The summed E-state index contributed by atoms with van der Waals surface area (Å²) in [6, 6.07) is 5.98. The van der Waals surface area contributed by atoms with Crippen LogP contribution in [0, 0.1) is 12.3 Å². The van der Waals surface area contributed by atoms with Gasteiger partial charge in [-0.1, -0.05) is 12.3 Å². The summed E-state index contributed by atoms with van der Waals surface area (Å²) in [5.74, 6) is 2.68. The molecular weight excluding hydrogens is 262 g/mol. The monoisotopic (exact) mass is 281 g/mol.